The minimum atomic E-state index is -5.08. The monoisotopic (exact) mass is 229 g/mol. The van der Waals surface area contributed by atoms with E-state index < -0.39 is 12.1 Å². The summed E-state index contributed by atoms with van der Waals surface area (Å²) in [5.74, 6) is -1.86. The smallest absolute Gasteiger partial charge is 0.475 e. The van der Waals surface area contributed by atoms with Gasteiger partial charge in [0.05, 0.1) is 0 Å². The Labute approximate surface area is 85.6 Å². The van der Waals surface area contributed by atoms with Gasteiger partial charge in [-0.1, -0.05) is 0 Å². The summed E-state index contributed by atoms with van der Waals surface area (Å²) in [6, 6.07) is 0. The molecule has 0 aromatic carbocycles. The lowest BCUT2D eigenvalue weighted by Crippen LogP contribution is -2.33. The maximum Gasteiger partial charge on any atom is 0.490 e. The van der Waals surface area contributed by atoms with E-state index in [2.05, 4.69) is 10.3 Å². The molecule has 0 radical (unpaired) electrons. The largest absolute Gasteiger partial charge is 0.490 e. The van der Waals surface area contributed by atoms with Crippen molar-refractivity contribution in [1.82, 2.24) is 10.2 Å². The highest BCUT2D eigenvalue weighted by atomic mass is 19.4. The van der Waals surface area contributed by atoms with Gasteiger partial charge in [-0.2, -0.15) is 13.2 Å². The molecule has 8 heteroatoms. The minimum absolute atomic E-state index is 0.894. The van der Waals surface area contributed by atoms with Crippen molar-refractivity contribution < 1.29 is 23.1 Å². The van der Waals surface area contributed by atoms with E-state index >= 15 is 0 Å². The Bertz CT molecular complexity index is 226. The fraction of sp³-hybridized carbons (Fsp3) is 0.714. The standard InChI is InChI=1S/C5H13N3.C2HF3O2/c1-6-5(7-2)8(3)4;3-2(4,5)1(6)7/h1-4H3,(H,6,7);(H,6,7). The molecule has 0 amide bonds. The molecular formula is C7H14F3N3O2. The van der Waals surface area contributed by atoms with Crippen LogP contribution in [-0.4, -0.2) is 56.3 Å². The summed E-state index contributed by atoms with van der Waals surface area (Å²) in [6.07, 6.45) is -5.08. The van der Waals surface area contributed by atoms with Crippen LogP contribution in [0.15, 0.2) is 4.99 Å². The molecule has 0 fully saturated rings. The van der Waals surface area contributed by atoms with Crippen LogP contribution < -0.4 is 5.32 Å². The predicted octanol–water partition coefficient (Wildman–Crippen LogP) is 0.387. The van der Waals surface area contributed by atoms with Gasteiger partial charge in [-0.25, -0.2) is 4.79 Å². The maximum absolute atomic E-state index is 10.6. The molecule has 5 nitrogen and oxygen atoms in total. The molecule has 0 atom stereocenters. The van der Waals surface area contributed by atoms with Gasteiger partial charge in [0.2, 0.25) is 0 Å². The van der Waals surface area contributed by atoms with Crippen LogP contribution >= 0.6 is 0 Å². The Morgan fingerprint density at radius 1 is 1.40 bits per heavy atom. The third-order valence-electron chi connectivity index (χ3n) is 1.10. The molecule has 0 bridgehead atoms. The number of hydrogen-bond acceptors (Lipinski definition) is 2. The number of hydrogen-bond donors (Lipinski definition) is 2. The SMILES string of the molecule is CN=C(NC)N(C)C.O=C(O)C(F)(F)F. The van der Waals surface area contributed by atoms with Crippen LogP contribution in [0.3, 0.4) is 0 Å². The van der Waals surface area contributed by atoms with Crippen LogP contribution in [0, 0.1) is 0 Å². The molecule has 0 unspecified atom stereocenters. The number of guanidine groups is 1. The number of carboxylic acid groups (broad SMARTS) is 1. The average Bonchev–Trinajstić information content (AvgIpc) is 2.04. The number of nitrogens with zero attached hydrogens (tertiary/aromatic N) is 2. The van der Waals surface area contributed by atoms with Crippen LogP contribution in [0.1, 0.15) is 0 Å². The minimum Gasteiger partial charge on any atom is -0.475 e. The first kappa shape index (κ1) is 16.0. The van der Waals surface area contributed by atoms with E-state index in [1.165, 1.54) is 0 Å². The highest BCUT2D eigenvalue weighted by molar-refractivity contribution is 5.78. The third-order valence-corrected chi connectivity index (χ3v) is 1.10. The molecule has 0 aliphatic rings. The van der Waals surface area contributed by atoms with Crippen LogP contribution in [0.25, 0.3) is 0 Å². The van der Waals surface area contributed by atoms with Gasteiger partial charge in [0, 0.05) is 28.2 Å². The first-order valence-electron chi connectivity index (χ1n) is 3.78. The van der Waals surface area contributed by atoms with Crippen molar-refractivity contribution in [3.63, 3.8) is 0 Å². The summed E-state index contributed by atoms with van der Waals surface area (Å²) in [4.78, 5) is 14.8. The summed E-state index contributed by atoms with van der Waals surface area (Å²) < 4.78 is 31.7. The molecule has 15 heavy (non-hydrogen) atoms. The third kappa shape index (κ3) is 8.85. The fourth-order valence-electron chi connectivity index (χ4n) is 0.535. The van der Waals surface area contributed by atoms with Crippen molar-refractivity contribution in [3.8, 4) is 0 Å². The van der Waals surface area contributed by atoms with Gasteiger partial charge >= 0.3 is 12.1 Å². The molecule has 0 aliphatic heterocycles. The number of carbonyl (C=O) groups is 1. The first-order valence-corrected chi connectivity index (χ1v) is 3.78. The Balaban J connectivity index is 0. The van der Waals surface area contributed by atoms with Crippen molar-refractivity contribution in [1.29, 1.82) is 0 Å². The number of nitrogens with one attached hydrogen (secondary N) is 1. The van der Waals surface area contributed by atoms with E-state index in [4.69, 9.17) is 9.90 Å². The van der Waals surface area contributed by atoms with Crippen LogP contribution in [0.4, 0.5) is 13.2 Å². The Morgan fingerprint density at radius 3 is 1.73 bits per heavy atom. The van der Waals surface area contributed by atoms with E-state index in [1.807, 2.05) is 26.0 Å². The zero-order chi connectivity index (χ0) is 12.6. The molecule has 0 aromatic heterocycles. The quantitative estimate of drug-likeness (QED) is 0.466. The second-order valence-corrected chi connectivity index (χ2v) is 2.49. The zero-order valence-corrected chi connectivity index (χ0v) is 8.88. The highest BCUT2D eigenvalue weighted by Crippen LogP contribution is 2.13. The van der Waals surface area contributed by atoms with Crippen molar-refractivity contribution in [2.45, 2.75) is 6.18 Å². The van der Waals surface area contributed by atoms with Gasteiger partial charge in [-0.15, -0.1) is 0 Å². The van der Waals surface area contributed by atoms with Crippen LogP contribution in [0.2, 0.25) is 0 Å². The lowest BCUT2D eigenvalue weighted by molar-refractivity contribution is -0.192. The second kappa shape index (κ2) is 6.91. The molecule has 0 saturated carbocycles. The number of carboxylic acids is 1. The number of halogens is 3. The van der Waals surface area contributed by atoms with Crippen LogP contribution in [-0.2, 0) is 4.79 Å². The molecular weight excluding hydrogens is 215 g/mol. The van der Waals surface area contributed by atoms with Crippen molar-refractivity contribution >= 4 is 11.9 Å². The first-order chi connectivity index (χ1) is 6.66. The highest BCUT2D eigenvalue weighted by Gasteiger charge is 2.38. The average molecular weight is 229 g/mol. The Kier molecular flexibility index (Phi) is 7.36. The molecule has 0 spiro atoms. The number of aliphatic imine (C=N–C) groups is 1. The van der Waals surface area contributed by atoms with Gasteiger partial charge in [0.1, 0.15) is 0 Å². The molecule has 0 aromatic rings. The van der Waals surface area contributed by atoms with Gasteiger partial charge in [0.25, 0.3) is 0 Å². The van der Waals surface area contributed by atoms with E-state index in [0.29, 0.717) is 0 Å². The Hall–Kier alpha value is -1.47. The van der Waals surface area contributed by atoms with E-state index in [1.54, 1.807) is 7.05 Å². The summed E-state index contributed by atoms with van der Waals surface area (Å²) in [7, 11) is 7.49. The molecule has 0 heterocycles. The van der Waals surface area contributed by atoms with E-state index in [9.17, 15) is 13.2 Å². The topological polar surface area (TPSA) is 64.9 Å². The van der Waals surface area contributed by atoms with Crippen molar-refractivity contribution in [2.75, 3.05) is 28.2 Å². The normalized spacial score (nSPS) is 11.3. The summed E-state index contributed by atoms with van der Waals surface area (Å²) in [5, 5.41) is 10.1. The zero-order valence-electron chi connectivity index (χ0n) is 8.88. The second-order valence-electron chi connectivity index (χ2n) is 2.49. The van der Waals surface area contributed by atoms with E-state index in [0.717, 1.165) is 5.96 Å². The van der Waals surface area contributed by atoms with Gasteiger partial charge in [-0.05, 0) is 0 Å². The summed E-state index contributed by atoms with van der Waals surface area (Å²) in [6.45, 7) is 0. The molecule has 2 N–H and O–H groups in total. The van der Waals surface area contributed by atoms with Gasteiger partial charge in [-0.3, -0.25) is 4.99 Å². The maximum atomic E-state index is 10.6. The van der Waals surface area contributed by atoms with E-state index in [-0.39, 0.29) is 0 Å². The molecule has 90 valence electrons. The lowest BCUT2D eigenvalue weighted by Gasteiger charge is -2.12. The number of aliphatic carboxylic acids is 1. The van der Waals surface area contributed by atoms with Crippen LogP contribution in [0.5, 0.6) is 0 Å². The Morgan fingerprint density at radius 2 is 1.73 bits per heavy atom. The van der Waals surface area contributed by atoms with Crippen molar-refractivity contribution in [2.24, 2.45) is 4.99 Å². The van der Waals surface area contributed by atoms with Crippen molar-refractivity contribution in [3.05, 3.63) is 0 Å². The number of rotatable bonds is 0. The summed E-state index contributed by atoms with van der Waals surface area (Å²) in [5.41, 5.74) is 0. The lowest BCUT2D eigenvalue weighted by atomic mass is 10.7. The fourth-order valence-corrected chi connectivity index (χ4v) is 0.535. The molecule has 0 saturated heterocycles. The summed E-state index contributed by atoms with van der Waals surface area (Å²) >= 11 is 0. The van der Waals surface area contributed by atoms with Gasteiger partial charge < -0.3 is 15.3 Å². The predicted molar refractivity (Wildman–Crippen MR) is 49.8 cm³/mol. The number of alkyl halides is 3. The van der Waals surface area contributed by atoms with Gasteiger partial charge in [0.15, 0.2) is 5.96 Å². The molecule has 0 rings (SSSR count). The molecule has 0 aliphatic carbocycles.